The summed E-state index contributed by atoms with van der Waals surface area (Å²) < 4.78 is 7.36. The summed E-state index contributed by atoms with van der Waals surface area (Å²) in [5.41, 5.74) is 1.58. The number of benzene rings is 2. The summed E-state index contributed by atoms with van der Waals surface area (Å²) in [6, 6.07) is 19.3. The third-order valence-electron chi connectivity index (χ3n) is 3.94. The molecule has 1 aromatic heterocycles. The number of amides is 1. The minimum atomic E-state index is -0.438. The van der Waals surface area contributed by atoms with Gasteiger partial charge in [-0.3, -0.25) is 14.9 Å². The fourth-order valence-electron chi connectivity index (χ4n) is 2.58. The molecule has 1 amide bonds. The van der Waals surface area contributed by atoms with Crippen LogP contribution in [0.25, 0.3) is 11.8 Å². The second kappa shape index (κ2) is 9.18. The molecule has 3 aromatic rings. The van der Waals surface area contributed by atoms with Crippen LogP contribution in [0.1, 0.15) is 5.69 Å². The summed E-state index contributed by atoms with van der Waals surface area (Å²) in [5, 5.41) is 13.5. The van der Waals surface area contributed by atoms with Gasteiger partial charge in [0.05, 0.1) is 11.5 Å². The van der Waals surface area contributed by atoms with Gasteiger partial charge in [0.25, 0.3) is 5.69 Å². The number of nitrogens with one attached hydrogen (secondary N) is 1. The van der Waals surface area contributed by atoms with Gasteiger partial charge >= 0.3 is 0 Å². The lowest BCUT2D eigenvalue weighted by Gasteiger charge is -2.07. The van der Waals surface area contributed by atoms with Crippen molar-refractivity contribution in [3.8, 4) is 11.4 Å². The van der Waals surface area contributed by atoms with E-state index in [1.54, 1.807) is 18.2 Å². The van der Waals surface area contributed by atoms with Crippen molar-refractivity contribution in [2.24, 2.45) is 0 Å². The topological polar surface area (TPSA) is 86.4 Å². The van der Waals surface area contributed by atoms with Crippen molar-refractivity contribution in [3.63, 3.8) is 0 Å². The Morgan fingerprint density at radius 2 is 1.82 bits per heavy atom. The molecule has 0 spiro atoms. The van der Waals surface area contributed by atoms with Gasteiger partial charge in [-0.2, -0.15) is 0 Å². The van der Waals surface area contributed by atoms with Crippen LogP contribution in [0.5, 0.6) is 5.75 Å². The molecule has 0 aliphatic carbocycles. The van der Waals surface area contributed by atoms with Gasteiger partial charge < -0.3 is 14.6 Å². The average molecular weight is 377 g/mol. The predicted molar refractivity (Wildman–Crippen MR) is 106 cm³/mol. The number of nitrogens with zero attached hydrogens (tertiary/aromatic N) is 2. The van der Waals surface area contributed by atoms with E-state index in [-0.39, 0.29) is 11.6 Å². The third-order valence-corrected chi connectivity index (χ3v) is 3.94. The van der Waals surface area contributed by atoms with Crippen LogP contribution in [0, 0.1) is 10.1 Å². The molecule has 0 atom stereocenters. The van der Waals surface area contributed by atoms with E-state index in [4.69, 9.17) is 4.74 Å². The largest absolute Gasteiger partial charge is 0.492 e. The number of hydrogen-bond donors (Lipinski definition) is 1. The maximum absolute atomic E-state index is 12.0. The molecule has 28 heavy (non-hydrogen) atoms. The number of aromatic nitrogens is 1. The molecule has 0 unspecified atom stereocenters. The second-order valence-electron chi connectivity index (χ2n) is 5.86. The van der Waals surface area contributed by atoms with Crippen LogP contribution in [0.2, 0.25) is 0 Å². The van der Waals surface area contributed by atoms with Crippen LogP contribution in [0.15, 0.2) is 79.0 Å². The lowest BCUT2D eigenvalue weighted by atomic mass is 10.2. The zero-order valence-electron chi connectivity index (χ0n) is 15.0. The minimum Gasteiger partial charge on any atom is -0.492 e. The molecule has 7 heteroatoms. The molecule has 1 heterocycles. The van der Waals surface area contributed by atoms with Crippen LogP contribution < -0.4 is 10.1 Å². The molecular formula is C21H19N3O4. The Labute approximate surface area is 162 Å². The summed E-state index contributed by atoms with van der Waals surface area (Å²) in [4.78, 5) is 22.3. The summed E-state index contributed by atoms with van der Waals surface area (Å²) in [7, 11) is 0. The van der Waals surface area contributed by atoms with E-state index in [1.807, 2.05) is 53.2 Å². The highest BCUT2D eigenvalue weighted by atomic mass is 16.6. The first-order valence-corrected chi connectivity index (χ1v) is 8.69. The summed E-state index contributed by atoms with van der Waals surface area (Å²) >= 11 is 0. The molecule has 0 aliphatic rings. The Kier molecular flexibility index (Phi) is 6.20. The molecule has 0 saturated heterocycles. The van der Waals surface area contributed by atoms with E-state index in [9.17, 15) is 14.9 Å². The molecule has 3 rings (SSSR count). The molecule has 0 saturated carbocycles. The Balaban J connectivity index is 1.53. The molecule has 1 N–H and O–H groups in total. The number of carbonyl (C=O) groups excluding carboxylic acids is 1. The second-order valence-corrected chi connectivity index (χ2v) is 5.86. The molecule has 0 radical (unpaired) electrons. The number of nitro groups is 1. The normalized spacial score (nSPS) is 10.7. The first kappa shape index (κ1) is 18.9. The van der Waals surface area contributed by atoms with Crippen LogP contribution in [-0.2, 0) is 4.79 Å². The lowest BCUT2D eigenvalue weighted by Crippen LogP contribution is -2.26. The van der Waals surface area contributed by atoms with Gasteiger partial charge in [-0.05, 0) is 42.5 Å². The molecular weight excluding hydrogens is 358 g/mol. The summed E-state index contributed by atoms with van der Waals surface area (Å²) in [5.74, 6) is 0.529. The molecule has 7 nitrogen and oxygen atoms in total. The van der Waals surface area contributed by atoms with Crippen molar-refractivity contribution < 1.29 is 14.5 Å². The first-order chi connectivity index (χ1) is 13.6. The SMILES string of the molecule is O=C(C=Cc1cccn1-c1ccc([N+](=O)[O-])cc1)NCCOc1ccccc1. The van der Waals surface area contributed by atoms with E-state index in [0.29, 0.717) is 13.2 Å². The molecule has 2 aromatic carbocycles. The van der Waals surface area contributed by atoms with E-state index in [2.05, 4.69) is 5.32 Å². The van der Waals surface area contributed by atoms with Crippen molar-refractivity contribution in [1.29, 1.82) is 0 Å². The predicted octanol–water partition coefficient (Wildman–Crippen LogP) is 3.59. The van der Waals surface area contributed by atoms with Crippen molar-refractivity contribution in [2.75, 3.05) is 13.2 Å². The van der Waals surface area contributed by atoms with Crippen LogP contribution >= 0.6 is 0 Å². The molecule has 0 aliphatic heterocycles. The highest BCUT2D eigenvalue weighted by Crippen LogP contribution is 2.18. The number of hydrogen-bond acceptors (Lipinski definition) is 4. The zero-order chi connectivity index (χ0) is 19.8. The molecule has 0 fully saturated rings. The number of rotatable bonds is 8. The number of carbonyl (C=O) groups is 1. The monoisotopic (exact) mass is 377 g/mol. The molecule has 142 valence electrons. The third kappa shape index (κ3) is 5.07. The fraction of sp³-hybridized carbons (Fsp3) is 0.0952. The number of ether oxygens (including phenoxy) is 1. The Morgan fingerprint density at radius 3 is 2.54 bits per heavy atom. The van der Waals surface area contributed by atoms with Crippen molar-refractivity contribution in [2.45, 2.75) is 0 Å². The van der Waals surface area contributed by atoms with Gasteiger partial charge in [-0.15, -0.1) is 0 Å². The lowest BCUT2D eigenvalue weighted by molar-refractivity contribution is -0.384. The van der Waals surface area contributed by atoms with Gasteiger partial charge in [0.1, 0.15) is 12.4 Å². The Hall–Kier alpha value is -3.87. The van der Waals surface area contributed by atoms with Gasteiger partial charge in [-0.1, -0.05) is 18.2 Å². The highest BCUT2D eigenvalue weighted by Gasteiger charge is 2.06. The summed E-state index contributed by atoms with van der Waals surface area (Å²) in [6.45, 7) is 0.768. The van der Waals surface area contributed by atoms with Gasteiger partial charge in [-0.25, -0.2) is 0 Å². The van der Waals surface area contributed by atoms with E-state index < -0.39 is 4.92 Å². The van der Waals surface area contributed by atoms with Crippen molar-refractivity contribution in [1.82, 2.24) is 9.88 Å². The quantitative estimate of drug-likeness (QED) is 0.281. The van der Waals surface area contributed by atoms with Crippen LogP contribution in [0.4, 0.5) is 5.69 Å². The van der Waals surface area contributed by atoms with Gasteiger partial charge in [0, 0.05) is 35.8 Å². The number of non-ortho nitro benzene ring substituents is 1. The van der Waals surface area contributed by atoms with E-state index in [1.165, 1.54) is 18.2 Å². The average Bonchev–Trinajstić information content (AvgIpc) is 3.19. The standard InChI is InChI=1S/C21H19N3O4/c25-21(22-14-16-28-20-6-2-1-3-7-20)13-12-17-5-4-15-23(17)18-8-10-19(11-9-18)24(26)27/h1-13,15H,14,16H2,(H,22,25). The smallest absolute Gasteiger partial charge is 0.269 e. The van der Waals surface area contributed by atoms with Gasteiger partial charge in [0.15, 0.2) is 0 Å². The maximum atomic E-state index is 12.0. The van der Waals surface area contributed by atoms with Crippen molar-refractivity contribution >= 4 is 17.7 Å². The van der Waals surface area contributed by atoms with Gasteiger partial charge in [0.2, 0.25) is 5.91 Å². The van der Waals surface area contributed by atoms with Crippen LogP contribution in [0.3, 0.4) is 0 Å². The Bertz CT molecular complexity index is 963. The Morgan fingerprint density at radius 1 is 1.07 bits per heavy atom. The summed E-state index contributed by atoms with van der Waals surface area (Å²) in [6.07, 6.45) is 4.96. The fourth-order valence-corrected chi connectivity index (χ4v) is 2.58. The van der Waals surface area contributed by atoms with Crippen LogP contribution in [-0.4, -0.2) is 28.5 Å². The number of nitro benzene ring substituents is 1. The number of para-hydroxylation sites is 1. The zero-order valence-corrected chi connectivity index (χ0v) is 15.0. The van der Waals surface area contributed by atoms with E-state index in [0.717, 1.165) is 17.1 Å². The van der Waals surface area contributed by atoms with Crippen molar-refractivity contribution in [3.05, 3.63) is 94.8 Å². The maximum Gasteiger partial charge on any atom is 0.269 e. The first-order valence-electron chi connectivity index (χ1n) is 8.69. The molecule has 0 bridgehead atoms. The minimum absolute atomic E-state index is 0.0325. The van der Waals surface area contributed by atoms with E-state index >= 15 is 0 Å². The highest BCUT2D eigenvalue weighted by molar-refractivity contribution is 5.91.